The molecule has 0 spiro atoms. The highest BCUT2D eigenvalue weighted by molar-refractivity contribution is 7.16. The molecule has 1 heterocycles. The van der Waals surface area contributed by atoms with Crippen molar-refractivity contribution in [3.05, 3.63) is 21.3 Å². The fraction of sp³-hybridized carbons (Fsp3) is 0.667. The number of hydrogen-bond acceptors (Lipinski definition) is 1. The summed E-state index contributed by atoms with van der Waals surface area (Å²) in [5.74, 6) is 0.766. The lowest BCUT2D eigenvalue weighted by Crippen LogP contribution is -2.11. The highest BCUT2D eigenvalue weighted by Crippen LogP contribution is 2.33. The molecule has 15 heavy (non-hydrogen) atoms. The topological polar surface area (TPSA) is 0 Å². The van der Waals surface area contributed by atoms with E-state index in [1.54, 1.807) is 11.3 Å². The van der Waals surface area contributed by atoms with E-state index in [1.807, 2.05) is 6.07 Å². The molecular weight excluding hydrogens is 247 g/mol. The van der Waals surface area contributed by atoms with Gasteiger partial charge in [0.05, 0.1) is 4.34 Å². The van der Waals surface area contributed by atoms with Gasteiger partial charge in [-0.15, -0.1) is 22.9 Å². The molecule has 3 heteroatoms. The number of thiophene rings is 1. The average molecular weight is 263 g/mol. The van der Waals surface area contributed by atoms with Crippen LogP contribution < -0.4 is 0 Å². The maximum absolute atomic E-state index is 6.42. The first kappa shape index (κ1) is 11.8. The average Bonchev–Trinajstić information content (AvgIpc) is 2.84. The van der Waals surface area contributed by atoms with Gasteiger partial charge in [-0.2, -0.15) is 0 Å². The molecule has 1 aliphatic rings. The predicted octanol–water partition coefficient (Wildman–Crippen LogP) is 5.13. The second-order valence-corrected chi connectivity index (χ2v) is 6.67. The summed E-state index contributed by atoms with van der Waals surface area (Å²) in [6, 6.07) is 4.09. The van der Waals surface area contributed by atoms with Crippen LogP contribution in [0.2, 0.25) is 4.34 Å². The van der Waals surface area contributed by atoms with E-state index in [0.717, 1.165) is 23.1 Å². The molecular formula is C12H16Cl2S. The second-order valence-electron chi connectivity index (χ2n) is 4.31. The molecule has 1 saturated carbocycles. The fourth-order valence-corrected chi connectivity index (χ4v) is 3.78. The quantitative estimate of drug-likeness (QED) is 0.660. The standard InChI is InChI=1S/C12H16Cl2S/c13-11(9-3-1-2-4-9)7-5-10-6-8-12(14)15-10/h6,8-9,11H,1-5,7H2. The van der Waals surface area contributed by atoms with E-state index in [4.69, 9.17) is 23.2 Å². The zero-order chi connectivity index (χ0) is 10.7. The highest BCUT2D eigenvalue weighted by atomic mass is 35.5. The molecule has 1 aliphatic carbocycles. The summed E-state index contributed by atoms with van der Waals surface area (Å²) in [6.45, 7) is 0. The van der Waals surface area contributed by atoms with Crippen molar-refractivity contribution in [2.75, 3.05) is 0 Å². The van der Waals surface area contributed by atoms with E-state index in [2.05, 4.69) is 6.07 Å². The predicted molar refractivity (Wildman–Crippen MR) is 69.2 cm³/mol. The molecule has 1 atom stereocenters. The van der Waals surface area contributed by atoms with Gasteiger partial charge in [-0.1, -0.05) is 24.4 Å². The Labute approximate surface area is 106 Å². The third kappa shape index (κ3) is 3.37. The van der Waals surface area contributed by atoms with E-state index in [-0.39, 0.29) is 0 Å². The lowest BCUT2D eigenvalue weighted by atomic mass is 10.00. The van der Waals surface area contributed by atoms with Gasteiger partial charge in [0, 0.05) is 10.3 Å². The molecule has 0 bridgehead atoms. The minimum atomic E-state index is 0.369. The van der Waals surface area contributed by atoms with E-state index < -0.39 is 0 Å². The lowest BCUT2D eigenvalue weighted by molar-refractivity contribution is 0.493. The van der Waals surface area contributed by atoms with Crippen molar-refractivity contribution in [2.45, 2.75) is 43.9 Å². The summed E-state index contributed by atoms with van der Waals surface area (Å²) in [7, 11) is 0. The van der Waals surface area contributed by atoms with Crippen LogP contribution >= 0.6 is 34.5 Å². The Hall–Kier alpha value is 0.280. The largest absolute Gasteiger partial charge is 0.128 e. The van der Waals surface area contributed by atoms with E-state index in [9.17, 15) is 0 Å². The fourth-order valence-electron chi connectivity index (χ4n) is 2.32. The first-order valence-electron chi connectivity index (χ1n) is 5.64. The lowest BCUT2D eigenvalue weighted by Gasteiger charge is -2.15. The Morgan fingerprint density at radius 1 is 1.33 bits per heavy atom. The van der Waals surface area contributed by atoms with E-state index >= 15 is 0 Å². The first-order chi connectivity index (χ1) is 7.25. The van der Waals surface area contributed by atoms with Crippen molar-refractivity contribution >= 4 is 34.5 Å². The number of alkyl halides is 1. The summed E-state index contributed by atoms with van der Waals surface area (Å²) in [5.41, 5.74) is 0. The molecule has 84 valence electrons. The van der Waals surface area contributed by atoms with Crippen LogP contribution in [0.1, 0.15) is 37.0 Å². The Bertz CT molecular complexity index is 302. The van der Waals surface area contributed by atoms with Crippen LogP contribution in [-0.2, 0) is 6.42 Å². The van der Waals surface area contributed by atoms with Crippen molar-refractivity contribution in [1.29, 1.82) is 0 Å². The third-order valence-electron chi connectivity index (χ3n) is 3.21. The van der Waals surface area contributed by atoms with Crippen LogP contribution in [0.25, 0.3) is 0 Å². The normalized spacial score (nSPS) is 19.6. The molecule has 0 aliphatic heterocycles. The molecule has 1 aromatic rings. The first-order valence-corrected chi connectivity index (χ1v) is 7.27. The van der Waals surface area contributed by atoms with Gasteiger partial charge in [0.15, 0.2) is 0 Å². The van der Waals surface area contributed by atoms with Gasteiger partial charge in [-0.05, 0) is 43.7 Å². The maximum atomic E-state index is 6.42. The molecule has 0 radical (unpaired) electrons. The van der Waals surface area contributed by atoms with Crippen molar-refractivity contribution in [3.8, 4) is 0 Å². The van der Waals surface area contributed by atoms with Crippen molar-refractivity contribution < 1.29 is 0 Å². The highest BCUT2D eigenvalue weighted by Gasteiger charge is 2.22. The van der Waals surface area contributed by atoms with Crippen molar-refractivity contribution in [1.82, 2.24) is 0 Å². The van der Waals surface area contributed by atoms with Crippen molar-refractivity contribution in [3.63, 3.8) is 0 Å². The van der Waals surface area contributed by atoms with Crippen LogP contribution in [0.3, 0.4) is 0 Å². The molecule has 1 unspecified atom stereocenters. The smallest absolute Gasteiger partial charge is 0.0931 e. The summed E-state index contributed by atoms with van der Waals surface area (Å²) >= 11 is 14.0. The summed E-state index contributed by atoms with van der Waals surface area (Å²) in [5, 5.41) is 0.369. The van der Waals surface area contributed by atoms with Gasteiger partial charge >= 0.3 is 0 Å². The van der Waals surface area contributed by atoms with Gasteiger partial charge in [-0.25, -0.2) is 0 Å². The van der Waals surface area contributed by atoms with E-state index in [0.29, 0.717) is 5.38 Å². The Morgan fingerprint density at radius 3 is 2.67 bits per heavy atom. The van der Waals surface area contributed by atoms with Crippen LogP contribution in [0, 0.1) is 5.92 Å². The van der Waals surface area contributed by atoms with Crippen LogP contribution in [0.15, 0.2) is 12.1 Å². The minimum absolute atomic E-state index is 0.369. The number of halogens is 2. The van der Waals surface area contributed by atoms with Crippen LogP contribution in [0.5, 0.6) is 0 Å². The Kier molecular flexibility index (Phi) is 4.36. The van der Waals surface area contributed by atoms with Gasteiger partial charge in [0.25, 0.3) is 0 Å². The van der Waals surface area contributed by atoms with Gasteiger partial charge in [-0.3, -0.25) is 0 Å². The van der Waals surface area contributed by atoms with Crippen LogP contribution in [0.4, 0.5) is 0 Å². The molecule has 0 amide bonds. The zero-order valence-electron chi connectivity index (χ0n) is 8.72. The number of aryl methyl sites for hydroxylation is 1. The third-order valence-corrected chi connectivity index (χ3v) is 5.07. The Balaban J connectivity index is 1.77. The Morgan fingerprint density at radius 2 is 2.07 bits per heavy atom. The molecule has 0 N–H and O–H groups in total. The zero-order valence-corrected chi connectivity index (χ0v) is 11.0. The van der Waals surface area contributed by atoms with Crippen LogP contribution in [-0.4, -0.2) is 5.38 Å². The number of rotatable bonds is 4. The summed E-state index contributed by atoms with van der Waals surface area (Å²) in [4.78, 5) is 1.36. The monoisotopic (exact) mass is 262 g/mol. The SMILES string of the molecule is Clc1ccc(CCC(Cl)C2CCCC2)s1. The molecule has 1 aromatic heterocycles. The molecule has 0 nitrogen and oxygen atoms in total. The van der Waals surface area contributed by atoms with Crippen molar-refractivity contribution in [2.24, 2.45) is 5.92 Å². The number of hydrogen-bond donors (Lipinski definition) is 0. The van der Waals surface area contributed by atoms with Gasteiger partial charge < -0.3 is 0 Å². The molecule has 2 rings (SSSR count). The van der Waals surface area contributed by atoms with Gasteiger partial charge in [0.2, 0.25) is 0 Å². The summed E-state index contributed by atoms with van der Waals surface area (Å²) < 4.78 is 0.886. The summed E-state index contributed by atoms with van der Waals surface area (Å²) in [6.07, 6.45) is 7.60. The molecule has 1 fully saturated rings. The molecule has 0 saturated heterocycles. The minimum Gasteiger partial charge on any atom is -0.128 e. The molecule has 0 aromatic carbocycles. The second kappa shape index (κ2) is 5.56. The van der Waals surface area contributed by atoms with Gasteiger partial charge in [0.1, 0.15) is 0 Å². The maximum Gasteiger partial charge on any atom is 0.0931 e. The van der Waals surface area contributed by atoms with E-state index in [1.165, 1.54) is 30.6 Å².